The van der Waals surface area contributed by atoms with Crippen molar-refractivity contribution in [1.29, 1.82) is 0 Å². The molecule has 19 heavy (non-hydrogen) atoms. The summed E-state index contributed by atoms with van der Waals surface area (Å²) in [5.74, 6) is -1.24. The van der Waals surface area contributed by atoms with Gasteiger partial charge in [0.2, 0.25) is 0 Å². The molecule has 2 aromatic rings. The van der Waals surface area contributed by atoms with Crippen molar-refractivity contribution in [3.8, 4) is 0 Å². The van der Waals surface area contributed by atoms with E-state index in [2.05, 4.69) is 26.4 Å². The topological polar surface area (TPSA) is 92.4 Å². The molecule has 0 spiro atoms. The summed E-state index contributed by atoms with van der Waals surface area (Å²) >= 11 is 3.21. The number of para-hydroxylation sites is 1. The molecule has 0 fully saturated rings. The lowest BCUT2D eigenvalue weighted by Gasteiger charge is -2.09. The largest absolute Gasteiger partial charge is 0.478 e. The Bertz CT molecular complexity index is 651. The Morgan fingerprint density at radius 2 is 2.11 bits per heavy atom. The van der Waals surface area contributed by atoms with Gasteiger partial charge in [-0.05, 0) is 35.0 Å². The lowest BCUT2D eigenvalue weighted by Crippen LogP contribution is -2.15. The third-order valence-electron chi connectivity index (χ3n) is 2.48. The van der Waals surface area contributed by atoms with Gasteiger partial charge in [-0.2, -0.15) is 0 Å². The fraction of sp³-hybridized carbons (Fsp3) is 0.0833. The minimum atomic E-state index is -1.13. The zero-order valence-corrected chi connectivity index (χ0v) is 11.4. The Kier molecular flexibility index (Phi) is 3.66. The van der Waals surface area contributed by atoms with E-state index in [1.165, 1.54) is 12.3 Å². The van der Waals surface area contributed by atoms with Crippen LogP contribution in [0.25, 0.3) is 0 Å². The molecule has 1 aromatic heterocycles. The average molecular weight is 325 g/mol. The fourth-order valence-electron chi connectivity index (χ4n) is 1.53. The molecule has 7 heteroatoms. The molecule has 0 saturated heterocycles. The van der Waals surface area contributed by atoms with Crippen LogP contribution in [-0.4, -0.2) is 22.1 Å². The summed E-state index contributed by atoms with van der Waals surface area (Å²) < 4.78 is 5.27. The molecule has 0 aliphatic rings. The Hall–Kier alpha value is -2.15. The number of nitrogens with zero attached hydrogens (tertiary/aromatic N) is 1. The predicted octanol–water partition coefficient (Wildman–Crippen LogP) is 2.70. The van der Waals surface area contributed by atoms with Gasteiger partial charge in [-0.15, -0.1) is 0 Å². The summed E-state index contributed by atoms with van der Waals surface area (Å²) in [6, 6.07) is 4.62. The molecule has 98 valence electrons. The first kappa shape index (κ1) is 13.3. The molecule has 0 saturated carbocycles. The van der Waals surface area contributed by atoms with E-state index in [9.17, 15) is 9.59 Å². The maximum Gasteiger partial charge on any atom is 0.337 e. The van der Waals surface area contributed by atoms with E-state index < -0.39 is 11.9 Å². The minimum absolute atomic E-state index is 0.00293. The predicted molar refractivity (Wildman–Crippen MR) is 70.3 cm³/mol. The summed E-state index contributed by atoms with van der Waals surface area (Å²) in [6.07, 6.45) is 1.28. The molecule has 0 aliphatic carbocycles. The number of benzene rings is 1. The lowest BCUT2D eigenvalue weighted by atomic mass is 10.1. The fourth-order valence-corrected chi connectivity index (χ4v) is 1.99. The van der Waals surface area contributed by atoms with Crippen LogP contribution in [0.2, 0.25) is 0 Å². The number of hydrogen-bond donors (Lipinski definition) is 2. The first-order chi connectivity index (χ1) is 9.00. The first-order valence-corrected chi connectivity index (χ1v) is 6.04. The van der Waals surface area contributed by atoms with Crippen LogP contribution in [-0.2, 0) is 0 Å². The van der Waals surface area contributed by atoms with Gasteiger partial charge in [0, 0.05) is 4.47 Å². The van der Waals surface area contributed by atoms with E-state index in [0.717, 1.165) is 0 Å². The Morgan fingerprint density at radius 1 is 1.37 bits per heavy atom. The number of carboxylic acid groups (broad SMARTS) is 1. The second-order valence-electron chi connectivity index (χ2n) is 3.72. The maximum absolute atomic E-state index is 12.0. The molecule has 2 N–H and O–H groups in total. The van der Waals surface area contributed by atoms with Crippen molar-refractivity contribution in [3.05, 3.63) is 45.8 Å². The molecule has 0 radical (unpaired) electrons. The number of aryl methyl sites for hydroxylation is 1. The van der Waals surface area contributed by atoms with Gasteiger partial charge in [0.25, 0.3) is 5.91 Å². The molecular weight excluding hydrogens is 316 g/mol. The van der Waals surface area contributed by atoms with Gasteiger partial charge in [0.05, 0.1) is 17.4 Å². The minimum Gasteiger partial charge on any atom is -0.478 e. The van der Waals surface area contributed by atoms with E-state index in [-0.39, 0.29) is 16.8 Å². The van der Waals surface area contributed by atoms with E-state index in [0.29, 0.717) is 10.2 Å². The number of carbonyl (C=O) groups is 2. The van der Waals surface area contributed by atoms with Crippen molar-refractivity contribution in [3.63, 3.8) is 0 Å². The lowest BCUT2D eigenvalue weighted by molar-refractivity contribution is 0.0698. The van der Waals surface area contributed by atoms with Crippen molar-refractivity contribution in [2.75, 3.05) is 5.32 Å². The van der Waals surface area contributed by atoms with Gasteiger partial charge in [-0.25, -0.2) is 4.79 Å². The highest BCUT2D eigenvalue weighted by molar-refractivity contribution is 9.10. The van der Waals surface area contributed by atoms with E-state index in [4.69, 9.17) is 9.63 Å². The number of halogens is 1. The Labute approximate surface area is 116 Å². The molecular formula is C12H9BrN2O4. The third-order valence-corrected chi connectivity index (χ3v) is 3.14. The van der Waals surface area contributed by atoms with Gasteiger partial charge in [-0.1, -0.05) is 11.2 Å². The summed E-state index contributed by atoms with van der Waals surface area (Å²) in [7, 11) is 0. The quantitative estimate of drug-likeness (QED) is 0.905. The molecule has 0 atom stereocenters. The number of hydrogen-bond acceptors (Lipinski definition) is 4. The zero-order chi connectivity index (χ0) is 14.0. The molecule has 6 nitrogen and oxygen atoms in total. The summed E-state index contributed by atoms with van der Waals surface area (Å²) in [5, 5.41) is 15.1. The van der Waals surface area contributed by atoms with E-state index in [1.54, 1.807) is 19.1 Å². The Balaban J connectivity index is 2.36. The van der Waals surface area contributed by atoms with Gasteiger partial charge < -0.3 is 14.9 Å². The van der Waals surface area contributed by atoms with E-state index in [1.807, 2.05) is 0 Å². The number of carboxylic acids is 1. The highest BCUT2D eigenvalue weighted by atomic mass is 79.9. The second kappa shape index (κ2) is 5.23. The van der Waals surface area contributed by atoms with Crippen molar-refractivity contribution < 1.29 is 19.2 Å². The summed E-state index contributed by atoms with van der Waals surface area (Å²) in [4.78, 5) is 23.1. The molecule has 0 bridgehead atoms. The maximum atomic E-state index is 12.0. The van der Waals surface area contributed by atoms with Crippen LogP contribution in [0.15, 0.2) is 33.4 Å². The number of aromatic nitrogens is 1. The van der Waals surface area contributed by atoms with Crippen LogP contribution in [0.3, 0.4) is 0 Å². The average Bonchev–Trinajstić information content (AvgIpc) is 2.77. The normalized spacial score (nSPS) is 10.2. The number of nitrogens with one attached hydrogen (secondary N) is 1. The molecule has 1 amide bonds. The number of rotatable bonds is 3. The van der Waals surface area contributed by atoms with Crippen molar-refractivity contribution in [2.45, 2.75) is 6.92 Å². The standard InChI is InChI=1S/C12H9BrN2O4/c1-6-8(5-14-19-6)11(16)15-10-7(12(17)18)3-2-4-9(10)13/h2-5H,1H3,(H,15,16)(H,17,18). The smallest absolute Gasteiger partial charge is 0.337 e. The van der Waals surface area contributed by atoms with Crippen LogP contribution in [0.1, 0.15) is 26.5 Å². The highest BCUT2D eigenvalue weighted by Crippen LogP contribution is 2.27. The molecule has 1 heterocycles. The highest BCUT2D eigenvalue weighted by Gasteiger charge is 2.18. The number of aromatic carboxylic acids is 1. The monoisotopic (exact) mass is 324 g/mol. The Morgan fingerprint density at radius 3 is 2.68 bits per heavy atom. The van der Waals surface area contributed by atoms with Crippen LogP contribution in [0, 0.1) is 6.92 Å². The third kappa shape index (κ3) is 2.65. The van der Waals surface area contributed by atoms with Gasteiger partial charge >= 0.3 is 5.97 Å². The number of amides is 1. The van der Waals surface area contributed by atoms with Crippen molar-refractivity contribution in [2.24, 2.45) is 0 Å². The molecule has 1 aromatic carbocycles. The van der Waals surface area contributed by atoms with Crippen LogP contribution < -0.4 is 5.32 Å². The molecule has 0 aliphatic heterocycles. The summed E-state index contributed by atoms with van der Waals surface area (Å²) in [5.41, 5.74) is 0.449. The number of anilines is 1. The zero-order valence-electron chi connectivity index (χ0n) is 9.81. The first-order valence-electron chi connectivity index (χ1n) is 5.25. The van der Waals surface area contributed by atoms with Crippen LogP contribution in [0.4, 0.5) is 5.69 Å². The van der Waals surface area contributed by atoms with Crippen molar-refractivity contribution in [1.82, 2.24) is 5.16 Å². The second-order valence-corrected chi connectivity index (χ2v) is 4.57. The van der Waals surface area contributed by atoms with Crippen molar-refractivity contribution >= 4 is 33.5 Å². The molecule has 0 unspecified atom stereocenters. The SMILES string of the molecule is Cc1oncc1C(=O)Nc1c(Br)cccc1C(=O)O. The molecule has 2 rings (SSSR count). The van der Waals surface area contributed by atoms with Crippen LogP contribution >= 0.6 is 15.9 Å². The van der Waals surface area contributed by atoms with Crippen LogP contribution in [0.5, 0.6) is 0 Å². The van der Waals surface area contributed by atoms with Gasteiger partial charge in [0.15, 0.2) is 0 Å². The number of carbonyl (C=O) groups excluding carboxylic acids is 1. The van der Waals surface area contributed by atoms with Gasteiger partial charge in [0.1, 0.15) is 11.3 Å². The summed E-state index contributed by atoms with van der Waals surface area (Å²) in [6.45, 7) is 1.60. The van der Waals surface area contributed by atoms with E-state index >= 15 is 0 Å². The van der Waals surface area contributed by atoms with Gasteiger partial charge in [-0.3, -0.25) is 4.79 Å².